The van der Waals surface area contributed by atoms with Gasteiger partial charge in [0.25, 0.3) is 0 Å². The minimum atomic E-state index is -0.185. The normalized spacial score (nSPS) is 22.9. The lowest BCUT2D eigenvalue weighted by Gasteiger charge is -2.25. The molecule has 1 saturated carbocycles. The summed E-state index contributed by atoms with van der Waals surface area (Å²) in [5.74, 6) is 6.38. The standard InChI is InChI=1S/C11H20N6O2/c1-19-11-15-9(14-10(16-11)17-12)13-6-7-3-2-4-8(18)5-7/h7-8,18H,2-6,12H2,1H3,(H2,13,14,15,16,17). The van der Waals surface area contributed by atoms with E-state index in [2.05, 4.69) is 25.7 Å². The van der Waals surface area contributed by atoms with Crippen molar-refractivity contribution in [3.63, 3.8) is 0 Å². The number of rotatable bonds is 5. The van der Waals surface area contributed by atoms with Gasteiger partial charge in [-0.05, 0) is 25.2 Å². The molecule has 1 heterocycles. The number of ether oxygens (including phenoxy) is 1. The van der Waals surface area contributed by atoms with Gasteiger partial charge in [-0.1, -0.05) is 6.42 Å². The topological polar surface area (TPSA) is 118 Å². The van der Waals surface area contributed by atoms with Gasteiger partial charge >= 0.3 is 6.01 Å². The first kappa shape index (κ1) is 13.8. The zero-order chi connectivity index (χ0) is 13.7. The van der Waals surface area contributed by atoms with Crippen LogP contribution in [0.25, 0.3) is 0 Å². The van der Waals surface area contributed by atoms with Crippen LogP contribution in [0, 0.1) is 5.92 Å². The minimum absolute atomic E-state index is 0.185. The number of aliphatic hydroxyl groups is 1. The number of nitrogens with zero attached hydrogens (tertiary/aromatic N) is 3. The van der Waals surface area contributed by atoms with Crippen LogP contribution in [0.1, 0.15) is 25.7 Å². The maximum Gasteiger partial charge on any atom is 0.322 e. The summed E-state index contributed by atoms with van der Waals surface area (Å²) in [6, 6.07) is 0.203. The number of nitrogens with two attached hydrogens (primary N) is 1. The molecule has 0 saturated heterocycles. The van der Waals surface area contributed by atoms with E-state index in [1.165, 1.54) is 7.11 Å². The predicted molar refractivity (Wildman–Crippen MR) is 70.6 cm³/mol. The smallest absolute Gasteiger partial charge is 0.322 e. The van der Waals surface area contributed by atoms with Gasteiger partial charge in [-0.3, -0.25) is 5.43 Å². The molecule has 0 aliphatic heterocycles. The van der Waals surface area contributed by atoms with E-state index in [0.717, 1.165) is 25.7 Å². The number of hydrogen-bond donors (Lipinski definition) is 4. The maximum absolute atomic E-state index is 9.63. The highest BCUT2D eigenvalue weighted by molar-refractivity contribution is 5.34. The molecule has 106 valence electrons. The second-order valence-corrected chi connectivity index (χ2v) is 4.68. The van der Waals surface area contributed by atoms with E-state index in [1.807, 2.05) is 0 Å². The third-order valence-electron chi connectivity index (χ3n) is 3.23. The Morgan fingerprint density at radius 2 is 2.11 bits per heavy atom. The van der Waals surface area contributed by atoms with Crippen molar-refractivity contribution < 1.29 is 9.84 Å². The summed E-state index contributed by atoms with van der Waals surface area (Å²) in [4.78, 5) is 12.1. The fourth-order valence-corrected chi connectivity index (χ4v) is 2.28. The Labute approximate surface area is 111 Å². The molecule has 1 aliphatic rings. The fraction of sp³-hybridized carbons (Fsp3) is 0.727. The lowest BCUT2D eigenvalue weighted by molar-refractivity contribution is 0.104. The van der Waals surface area contributed by atoms with Crippen LogP contribution in [-0.4, -0.2) is 39.8 Å². The Hall–Kier alpha value is -1.67. The first-order chi connectivity index (χ1) is 9.21. The molecule has 19 heavy (non-hydrogen) atoms. The van der Waals surface area contributed by atoms with Crippen molar-refractivity contribution in [2.45, 2.75) is 31.8 Å². The van der Waals surface area contributed by atoms with Crippen molar-refractivity contribution in [3.8, 4) is 6.01 Å². The number of hydrazine groups is 1. The molecule has 1 fully saturated rings. The van der Waals surface area contributed by atoms with Crippen molar-refractivity contribution in [1.29, 1.82) is 0 Å². The van der Waals surface area contributed by atoms with Gasteiger partial charge in [0.15, 0.2) is 0 Å². The van der Waals surface area contributed by atoms with Gasteiger partial charge in [0.2, 0.25) is 11.9 Å². The molecule has 1 aliphatic carbocycles. The van der Waals surface area contributed by atoms with Gasteiger partial charge in [-0.2, -0.15) is 15.0 Å². The van der Waals surface area contributed by atoms with E-state index < -0.39 is 0 Å². The molecule has 0 bridgehead atoms. The monoisotopic (exact) mass is 268 g/mol. The van der Waals surface area contributed by atoms with Crippen LogP contribution in [0.2, 0.25) is 0 Å². The largest absolute Gasteiger partial charge is 0.467 e. The van der Waals surface area contributed by atoms with E-state index in [0.29, 0.717) is 18.4 Å². The van der Waals surface area contributed by atoms with Gasteiger partial charge < -0.3 is 15.2 Å². The van der Waals surface area contributed by atoms with E-state index in [4.69, 9.17) is 10.6 Å². The Bertz CT molecular complexity index is 394. The fourth-order valence-electron chi connectivity index (χ4n) is 2.28. The lowest BCUT2D eigenvalue weighted by atomic mass is 9.87. The van der Waals surface area contributed by atoms with Crippen LogP contribution < -0.4 is 21.3 Å². The third-order valence-corrected chi connectivity index (χ3v) is 3.23. The van der Waals surface area contributed by atoms with E-state index in [-0.39, 0.29) is 18.1 Å². The van der Waals surface area contributed by atoms with Crippen LogP contribution in [-0.2, 0) is 0 Å². The molecule has 0 spiro atoms. The summed E-state index contributed by atoms with van der Waals surface area (Å²) in [5.41, 5.74) is 2.36. The number of aliphatic hydroxyl groups excluding tert-OH is 1. The van der Waals surface area contributed by atoms with Crippen molar-refractivity contribution in [2.24, 2.45) is 11.8 Å². The first-order valence-electron chi connectivity index (χ1n) is 6.40. The Morgan fingerprint density at radius 1 is 1.32 bits per heavy atom. The summed E-state index contributed by atoms with van der Waals surface area (Å²) in [5, 5.41) is 12.8. The summed E-state index contributed by atoms with van der Waals surface area (Å²) in [6.45, 7) is 0.717. The zero-order valence-electron chi connectivity index (χ0n) is 11.0. The molecular weight excluding hydrogens is 248 g/mol. The molecule has 2 atom stereocenters. The molecule has 2 unspecified atom stereocenters. The SMILES string of the molecule is COc1nc(NN)nc(NCC2CCCC(O)C2)n1. The van der Waals surface area contributed by atoms with Crippen LogP contribution in [0.15, 0.2) is 0 Å². The van der Waals surface area contributed by atoms with Crippen LogP contribution in [0.3, 0.4) is 0 Å². The quantitative estimate of drug-likeness (QED) is 0.439. The van der Waals surface area contributed by atoms with Gasteiger partial charge in [-0.15, -0.1) is 0 Å². The molecule has 0 aromatic carbocycles. The lowest BCUT2D eigenvalue weighted by Crippen LogP contribution is -2.25. The first-order valence-corrected chi connectivity index (χ1v) is 6.40. The number of hydrogen-bond acceptors (Lipinski definition) is 8. The molecule has 0 radical (unpaired) electrons. The third kappa shape index (κ3) is 3.90. The van der Waals surface area contributed by atoms with Crippen LogP contribution in [0.4, 0.5) is 11.9 Å². The minimum Gasteiger partial charge on any atom is -0.467 e. The Morgan fingerprint density at radius 3 is 2.79 bits per heavy atom. The van der Waals surface area contributed by atoms with Gasteiger partial charge in [0.05, 0.1) is 13.2 Å². The van der Waals surface area contributed by atoms with Crippen molar-refractivity contribution >= 4 is 11.9 Å². The summed E-state index contributed by atoms with van der Waals surface area (Å²) in [7, 11) is 1.48. The molecule has 5 N–H and O–H groups in total. The van der Waals surface area contributed by atoms with E-state index >= 15 is 0 Å². The van der Waals surface area contributed by atoms with Crippen molar-refractivity contribution in [2.75, 3.05) is 24.4 Å². The van der Waals surface area contributed by atoms with Gasteiger partial charge in [0, 0.05) is 6.54 Å². The molecule has 2 rings (SSSR count). The maximum atomic E-state index is 9.63. The van der Waals surface area contributed by atoms with E-state index in [1.54, 1.807) is 0 Å². The van der Waals surface area contributed by atoms with Crippen LogP contribution >= 0.6 is 0 Å². The molecule has 1 aromatic heterocycles. The average molecular weight is 268 g/mol. The summed E-state index contributed by atoms with van der Waals surface area (Å²) < 4.78 is 4.97. The highest BCUT2D eigenvalue weighted by Crippen LogP contribution is 2.24. The number of methoxy groups -OCH3 is 1. The Balaban J connectivity index is 1.94. The summed E-state index contributed by atoms with van der Waals surface area (Å²) >= 11 is 0. The second kappa shape index (κ2) is 6.48. The highest BCUT2D eigenvalue weighted by Gasteiger charge is 2.20. The second-order valence-electron chi connectivity index (χ2n) is 4.68. The van der Waals surface area contributed by atoms with Crippen LogP contribution in [0.5, 0.6) is 6.01 Å². The van der Waals surface area contributed by atoms with Crippen molar-refractivity contribution in [1.82, 2.24) is 15.0 Å². The molecule has 1 aromatic rings. The number of nitrogens with one attached hydrogen (secondary N) is 2. The number of nitrogen functional groups attached to an aromatic ring is 1. The molecule has 8 nitrogen and oxygen atoms in total. The highest BCUT2D eigenvalue weighted by atomic mass is 16.5. The average Bonchev–Trinajstić information content (AvgIpc) is 2.44. The van der Waals surface area contributed by atoms with Gasteiger partial charge in [0.1, 0.15) is 0 Å². The Kier molecular flexibility index (Phi) is 4.69. The summed E-state index contributed by atoms with van der Waals surface area (Å²) in [6.07, 6.45) is 3.70. The predicted octanol–water partition coefficient (Wildman–Crippen LogP) is 0.129. The molecular formula is C11H20N6O2. The van der Waals surface area contributed by atoms with Crippen molar-refractivity contribution in [3.05, 3.63) is 0 Å². The number of anilines is 2. The zero-order valence-corrected chi connectivity index (χ0v) is 11.0. The van der Waals surface area contributed by atoms with E-state index in [9.17, 15) is 5.11 Å². The number of aromatic nitrogens is 3. The molecule has 8 heteroatoms. The van der Waals surface area contributed by atoms with Gasteiger partial charge in [-0.25, -0.2) is 5.84 Å². The molecule has 0 amide bonds.